The van der Waals surface area contributed by atoms with Gasteiger partial charge in [-0.15, -0.1) is 0 Å². The molecular formula is C19H16BrN5O2. The number of furan rings is 1. The standard InChI is InChI=1S/C19H16BrN5O2/c1-12-15-4-5-16(17-3-2-8-27-17)24(15)7-6-23(12)19(26)14-9-18-21-10-13(20)11-25(18)22-14/h2-5,8-12H,6-7H2,1H3. The maximum atomic E-state index is 13.1. The Labute approximate surface area is 163 Å². The summed E-state index contributed by atoms with van der Waals surface area (Å²) in [6, 6.07) is 9.61. The summed E-state index contributed by atoms with van der Waals surface area (Å²) in [7, 11) is 0. The van der Waals surface area contributed by atoms with Crippen LogP contribution in [0.25, 0.3) is 17.1 Å². The lowest BCUT2D eigenvalue weighted by molar-refractivity contribution is 0.0638. The van der Waals surface area contributed by atoms with E-state index in [2.05, 4.69) is 36.6 Å². The molecule has 5 rings (SSSR count). The van der Waals surface area contributed by atoms with Crippen molar-refractivity contribution in [2.24, 2.45) is 0 Å². The van der Waals surface area contributed by atoms with Crippen molar-refractivity contribution in [1.29, 1.82) is 0 Å². The van der Waals surface area contributed by atoms with Gasteiger partial charge in [0.2, 0.25) is 0 Å². The van der Waals surface area contributed by atoms with Gasteiger partial charge in [0, 0.05) is 37.2 Å². The highest BCUT2D eigenvalue weighted by atomic mass is 79.9. The van der Waals surface area contributed by atoms with Crippen LogP contribution in [0.15, 0.2) is 57.9 Å². The van der Waals surface area contributed by atoms with Gasteiger partial charge in [-0.3, -0.25) is 4.79 Å². The summed E-state index contributed by atoms with van der Waals surface area (Å²) in [5, 5.41) is 4.40. The third kappa shape index (κ3) is 2.59. The van der Waals surface area contributed by atoms with Crippen molar-refractivity contribution in [3.63, 3.8) is 0 Å². The summed E-state index contributed by atoms with van der Waals surface area (Å²) < 4.78 is 10.2. The van der Waals surface area contributed by atoms with Crippen molar-refractivity contribution >= 4 is 27.5 Å². The zero-order chi connectivity index (χ0) is 18.5. The predicted octanol–water partition coefficient (Wildman–Crippen LogP) is 3.77. The first-order valence-electron chi connectivity index (χ1n) is 8.67. The fourth-order valence-electron chi connectivity index (χ4n) is 3.68. The van der Waals surface area contributed by atoms with Gasteiger partial charge in [0.05, 0.1) is 22.5 Å². The Kier molecular flexibility index (Phi) is 3.68. The number of amides is 1. The number of hydrogen-bond donors (Lipinski definition) is 0. The Balaban J connectivity index is 1.47. The van der Waals surface area contributed by atoms with E-state index in [-0.39, 0.29) is 11.9 Å². The number of hydrogen-bond acceptors (Lipinski definition) is 4. The molecule has 1 aliphatic heterocycles. The molecule has 1 aliphatic rings. The van der Waals surface area contributed by atoms with E-state index in [0.717, 1.165) is 21.6 Å². The van der Waals surface area contributed by atoms with E-state index in [9.17, 15) is 4.79 Å². The fourth-order valence-corrected chi connectivity index (χ4v) is 3.98. The highest BCUT2D eigenvalue weighted by molar-refractivity contribution is 9.10. The zero-order valence-electron chi connectivity index (χ0n) is 14.5. The van der Waals surface area contributed by atoms with Crippen molar-refractivity contribution in [3.05, 3.63) is 64.8 Å². The number of carbonyl (C=O) groups is 1. The number of rotatable bonds is 2. The summed E-state index contributed by atoms with van der Waals surface area (Å²) in [5.41, 5.74) is 3.18. The van der Waals surface area contributed by atoms with Gasteiger partial charge in [-0.1, -0.05) is 0 Å². The van der Waals surface area contributed by atoms with E-state index in [1.165, 1.54) is 0 Å². The minimum absolute atomic E-state index is 0.0560. The first-order valence-corrected chi connectivity index (χ1v) is 9.46. The summed E-state index contributed by atoms with van der Waals surface area (Å²) in [4.78, 5) is 19.2. The van der Waals surface area contributed by atoms with Crippen LogP contribution in [0.3, 0.4) is 0 Å². The Morgan fingerprint density at radius 2 is 2.19 bits per heavy atom. The molecule has 0 saturated heterocycles. The first kappa shape index (κ1) is 16.3. The SMILES string of the molecule is CC1c2ccc(-c3ccco3)n2CCN1C(=O)c1cc2ncc(Br)cn2n1. The second kappa shape index (κ2) is 6.09. The maximum Gasteiger partial charge on any atom is 0.275 e. The van der Waals surface area contributed by atoms with Gasteiger partial charge < -0.3 is 13.9 Å². The van der Waals surface area contributed by atoms with Crippen LogP contribution in [-0.4, -0.2) is 36.5 Å². The molecule has 136 valence electrons. The summed E-state index contributed by atoms with van der Waals surface area (Å²) >= 11 is 3.37. The van der Waals surface area contributed by atoms with Crippen LogP contribution in [0.4, 0.5) is 0 Å². The molecular weight excluding hydrogens is 410 g/mol. The lowest BCUT2D eigenvalue weighted by Gasteiger charge is -2.35. The number of aromatic nitrogens is 4. The van der Waals surface area contributed by atoms with Gasteiger partial charge in [-0.2, -0.15) is 5.10 Å². The largest absolute Gasteiger partial charge is 0.463 e. The van der Waals surface area contributed by atoms with Crippen molar-refractivity contribution in [2.75, 3.05) is 6.54 Å². The molecule has 4 aromatic rings. The Morgan fingerprint density at radius 3 is 3.00 bits per heavy atom. The van der Waals surface area contributed by atoms with Crippen LogP contribution in [0.1, 0.15) is 29.1 Å². The van der Waals surface area contributed by atoms with Gasteiger partial charge in [0.1, 0.15) is 5.76 Å². The topological polar surface area (TPSA) is 68.6 Å². The van der Waals surface area contributed by atoms with E-state index in [1.807, 2.05) is 30.0 Å². The quantitative estimate of drug-likeness (QED) is 0.490. The average Bonchev–Trinajstić information content (AvgIpc) is 3.39. The molecule has 0 bridgehead atoms. The number of nitrogens with zero attached hydrogens (tertiary/aromatic N) is 5. The molecule has 1 unspecified atom stereocenters. The van der Waals surface area contributed by atoms with Crippen LogP contribution >= 0.6 is 15.9 Å². The van der Waals surface area contributed by atoms with Gasteiger partial charge in [0.25, 0.3) is 5.91 Å². The second-order valence-electron chi connectivity index (χ2n) is 6.55. The van der Waals surface area contributed by atoms with E-state index < -0.39 is 0 Å². The predicted molar refractivity (Wildman–Crippen MR) is 102 cm³/mol. The molecule has 1 atom stereocenters. The van der Waals surface area contributed by atoms with Crippen molar-refractivity contribution in [3.8, 4) is 11.5 Å². The summed E-state index contributed by atoms with van der Waals surface area (Å²) in [6.07, 6.45) is 5.16. The molecule has 4 aromatic heterocycles. The molecule has 27 heavy (non-hydrogen) atoms. The Hall–Kier alpha value is -2.87. The third-order valence-electron chi connectivity index (χ3n) is 5.01. The monoisotopic (exact) mass is 425 g/mol. The molecule has 0 spiro atoms. The first-order chi connectivity index (χ1) is 13.1. The lowest BCUT2D eigenvalue weighted by atomic mass is 10.1. The van der Waals surface area contributed by atoms with E-state index in [1.54, 1.807) is 29.2 Å². The molecule has 0 N–H and O–H groups in total. The number of halogens is 1. The van der Waals surface area contributed by atoms with Gasteiger partial charge in [-0.25, -0.2) is 9.50 Å². The fraction of sp³-hybridized carbons (Fsp3) is 0.211. The number of carbonyl (C=O) groups excluding carboxylic acids is 1. The summed E-state index contributed by atoms with van der Waals surface area (Å²) in [5.74, 6) is 0.751. The molecule has 5 heterocycles. The van der Waals surface area contributed by atoms with E-state index in [4.69, 9.17) is 4.42 Å². The van der Waals surface area contributed by atoms with E-state index >= 15 is 0 Å². The van der Waals surface area contributed by atoms with Crippen LogP contribution in [0.2, 0.25) is 0 Å². The average molecular weight is 426 g/mol. The normalized spacial score (nSPS) is 16.7. The van der Waals surface area contributed by atoms with Crippen molar-refractivity contribution in [1.82, 2.24) is 24.1 Å². The van der Waals surface area contributed by atoms with Gasteiger partial charge in [-0.05, 0) is 47.1 Å². The lowest BCUT2D eigenvalue weighted by Crippen LogP contribution is -2.41. The third-order valence-corrected chi connectivity index (χ3v) is 5.42. The molecule has 8 heteroatoms. The molecule has 0 aliphatic carbocycles. The second-order valence-corrected chi connectivity index (χ2v) is 7.47. The van der Waals surface area contributed by atoms with Crippen molar-refractivity contribution in [2.45, 2.75) is 19.5 Å². The Morgan fingerprint density at radius 1 is 1.30 bits per heavy atom. The molecule has 0 saturated carbocycles. The minimum atomic E-state index is -0.0869. The molecule has 7 nitrogen and oxygen atoms in total. The van der Waals surface area contributed by atoms with Gasteiger partial charge >= 0.3 is 0 Å². The molecule has 1 amide bonds. The maximum absolute atomic E-state index is 13.1. The highest BCUT2D eigenvalue weighted by Gasteiger charge is 2.31. The van der Waals surface area contributed by atoms with E-state index in [0.29, 0.717) is 24.4 Å². The smallest absolute Gasteiger partial charge is 0.275 e. The van der Waals surface area contributed by atoms with Crippen molar-refractivity contribution < 1.29 is 9.21 Å². The minimum Gasteiger partial charge on any atom is -0.463 e. The Bertz CT molecular complexity index is 1140. The highest BCUT2D eigenvalue weighted by Crippen LogP contribution is 2.32. The van der Waals surface area contributed by atoms with Gasteiger partial charge in [0.15, 0.2) is 11.3 Å². The zero-order valence-corrected chi connectivity index (χ0v) is 16.1. The van der Waals surface area contributed by atoms with Crippen LogP contribution in [0.5, 0.6) is 0 Å². The molecule has 0 aromatic carbocycles. The number of fused-ring (bicyclic) bond motifs is 2. The summed E-state index contributed by atoms with van der Waals surface area (Å²) in [6.45, 7) is 3.37. The van der Waals surface area contributed by atoms with Crippen LogP contribution in [0, 0.1) is 0 Å². The molecule has 0 radical (unpaired) electrons. The molecule has 0 fully saturated rings. The van der Waals surface area contributed by atoms with Crippen LogP contribution in [-0.2, 0) is 6.54 Å². The van der Waals surface area contributed by atoms with Crippen LogP contribution < -0.4 is 0 Å².